The molecule has 1 atom stereocenters. The summed E-state index contributed by atoms with van der Waals surface area (Å²) in [5.41, 5.74) is 1.04. The minimum Gasteiger partial charge on any atom is -0.381 e. The first kappa shape index (κ1) is 24.1. The summed E-state index contributed by atoms with van der Waals surface area (Å²) in [6.07, 6.45) is 2.05. The molecule has 1 aromatic heterocycles. The lowest BCUT2D eigenvalue weighted by Gasteiger charge is -2.12. The number of thiazole rings is 1. The molecule has 1 aliphatic rings. The SMILES string of the molecule is CCNC(=NCCCOCC1CCOC1)NCCNc1nc2ccccc2s1.I. The van der Waals surface area contributed by atoms with Crippen molar-refractivity contribution >= 4 is 56.6 Å². The Kier molecular flexibility index (Phi) is 11.6. The Bertz CT molecular complexity index is 703. The van der Waals surface area contributed by atoms with Crippen molar-refractivity contribution in [2.45, 2.75) is 19.8 Å². The number of halogens is 1. The third-order valence-electron chi connectivity index (χ3n) is 4.43. The molecule has 1 aromatic carbocycles. The molecule has 3 rings (SSSR count). The van der Waals surface area contributed by atoms with Crippen LogP contribution in [0.15, 0.2) is 29.3 Å². The van der Waals surface area contributed by atoms with E-state index in [2.05, 4.69) is 38.9 Å². The Morgan fingerprint density at radius 1 is 1.31 bits per heavy atom. The molecule has 3 N–H and O–H groups in total. The Morgan fingerprint density at radius 3 is 3.00 bits per heavy atom. The molecule has 1 unspecified atom stereocenters. The van der Waals surface area contributed by atoms with E-state index < -0.39 is 0 Å². The maximum Gasteiger partial charge on any atom is 0.191 e. The summed E-state index contributed by atoms with van der Waals surface area (Å²) in [6.45, 7) is 8.51. The van der Waals surface area contributed by atoms with Gasteiger partial charge in [-0.15, -0.1) is 24.0 Å². The van der Waals surface area contributed by atoms with Crippen molar-refractivity contribution < 1.29 is 9.47 Å². The molecule has 0 radical (unpaired) electrons. The van der Waals surface area contributed by atoms with Crippen molar-refractivity contribution in [2.75, 3.05) is 57.9 Å². The van der Waals surface area contributed by atoms with E-state index in [0.717, 1.165) is 82.1 Å². The number of aliphatic imine (C=N–C) groups is 1. The fraction of sp³-hybridized carbons (Fsp3) is 0.600. The lowest BCUT2D eigenvalue weighted by molar-refractivity contribution is 0.0893. The van der Waals surface area contributed by atoms with Crippen LogP contribution in [-0.4, -0.2) is 63.6 Å². The molecule has 9 heteroatoms. The molecule has 7 nitrogen and oxygen atoms in total. The zero-order valence-electron chi connectivity index (χ0n) is 17.0. The van der Waals surface area contributed by atoms with Gasteiger partial charge < -0.3 is 25.4 Å². The van der Waals surface area contributed by atoms with Crippen molar-refractivity contribution in [1.82, 2.24) is 15.6 Å². The molecule has 1 saturated heterocycles. The number of anilines is 1. The highest BCUT2D eigenvalue weighted by Gasteiger charge is 2.15. The van der Waals surface area contributed by atoms with Gasteiger partial charge in [-0.05, 0) is 31.9 Å². The van der Waals surface area contributed by atoms with Crippen LogP contribution in [-0.2, 0) is 9.47 Å². The number of ether oxygens (including phenoxy) is 2. The van der Waals surface area contributed by atoms with Gasteiger partial charge in [0.05, 0.1) is 23.4 Å². The maximum atomic E-state index is 5.73. The average molecular weight is 533 g/mol. The Balaban J connectivity index is 0.00000300. The monoisotopic (exact) mass is 533 g/mol. The molecule has 2 heterocycles. The molecule has 162 valence electrons. The fourth-order valence-electron chi connectivity index (χ4n) is 2.96. The maximum absolute atomic E-state index is 5.73. The third kappa shape index (κ3) is 8.61. The zero-order chi connectivity index (χ0) is 19.4. The number of nitrogens with one attached hydrogen (secondary N) is 3. The van der Waals surface area contributed by atoms with E-state index in [0.29, 0.717) is 5.92 Å². The Hall–Kier alpha value is -1.17. The van der Waals surface area contributed by atoms with Gasteiger partial charge in [-0.1, -0.05) is 23.5 Å². The highest BCUT2D eigenvalue weighted by atomic mass is 127. The van der Waals surface area contributed by atoms with Crippen LogP contribution in [0.2, 0.25) is 0 Å². The van der Waals surface area contributed by atoms with Crippen LogP contribution in [0.3, 0.4) is 0 Å². The number of benzene rings is 1. The predicted octanol–water partition coefficient (Wildman–Crippen LogP) is 3.32. The van der Waals surface area contributed by atoms with Gasteiger partial charge in [-0.2, -0.15) is 0 Å². The normalized spacial score (nSPS) is 16.6. The second-order valence-corrected chi connectivity index (χ2v) is 7.79. The first-order chi connectivity index (χ1) is 13.8. The van der Waals surface area contributed by atoms with Gasteiger partial charge >= 0.3 is 0 Å². The first-order valence-corrected chi connectivity index (χ1v) is 10.9. The fourth-order valence-corrected chi connectivity index (χ4v) is 3.85. The summed E-state index contributed by atoms with van der Waals surface area (Å²) in [5.74, 6) is 1.42. The van der Waals surface area contributed by atoms with E-state index in [1.54, 1.807) is 11.3 Å². The second kappa shape index (κ2) is 13.9. The molecule has 1 aliphatic heterocycles. The molecule has 2 aromatic rings. The summed E-state index contributed by atoms with van der Waals surface area (Å²) in [5, 5.41) is 11.0. The quantitative estimate of drug-likeness (QED) is 0.178. The highest BCUT2D eigenvalue weighted by Crippen LogP contribution is 2.24. The molecule has 0 bridgehead atoms. The lowest BCUT2D eigenvalue weighted by Crippen LogP contribution is -2.39. The predicted molar refractivity (Wildman–Crippen MR) is 132 cm³/mol. The van der Waals surface area contributed by atoms with E-state index in [4.69, 9.17) is 9.47 Å². The topological polar surface area (TPSA) is 79.8 Å². The van der Waals surface area contributed by atoms with Gasteiger partial charge in [0.2, 0.25) is 0 Å². The number of rotatable bonds is 11. The van der Waals surface area contributed by atoms with Crippen molar-refractivity contribution in [1.29, 1.82) is 0 Å². The molecule has 0 saturated carbocycles. The van der Waals surface area contributed by atoms with Gasteiger partial charge in [0.15, 0.2) is 11.1 Å². The minimum atomic E-state index is 0. The highest BCUT2D eigenvalue weighted by molar-refractivity contribution is 14.0. The van der Waals surface area contributed by atoms with E-state index >= 15 is 0 Å². The lowest BCUT2D eigenvalue weighted by atomic mass is 10.1. The number of guanidine groups is 1. The Labute approximate surface area is 194 Å². The van der Waals surface area contributed by atoms with Gasteiger partial charge in [0, 0.05) is 45.3 Å². The molecule has 29 heavy (non-hydrogen) atoms. The van der Waals surface area contributed by atoms with Crippen molar-refractivity contribution in [3.8, 4) is 0 Å². The molecular formula is C20H32IN5O2S. The van der Waals surface area contributed by atoms with Crippen LogP contribution in [0, 0.1) is 5.92 Å². The van der Waals surface area contributed by atoms with Crippen LogP contribution in [0.1, 0.15) is 19.8 Å². The van der Waals surface area contributed by atoms with E-state index in [9.17, 15) is 0 Å². The summed E-state index contributed by atoms with van der Waals surface area (Å²) >= 11 is 1.68. The molecule has 0 spiro atoms. The number of fused-ring (bicyclic) bond motifs is 1. The average Bonchev–Trinajstić information content (AvgIpc) is 3.36. The van der Waals surface area contributed by atoms with Gasteiger partial charge in [0.1, 0.15) is 0 Å². The smallest absolute Gasteiger partial charge is 0.191 e. The Morgan fingerprint density at radius 2 is 2.21 bits per heavy atom. The molecule has 0 amide bonds. The number of aromatic nitrogens is 1. The second-order valence-electron chi connectivity index (χ2n) is 6.76. The molecular weight excluding hydrogens is 501 g/mol. The summed E-state index contributed by atoms with van der Waals surface area (Å²) in [4.78, 5) is 9.20. The van der Waals surface area contributed by atoms with Gasteiger partial charge in [-0.25, -0.2) is 4.98 Å². The third-order valence-corrected chi connectivity index (χ3v) is 5.42. The molecule has 1 fully saturated rings. The van der Waals surface area contributed by atoms with Crippen LogP contribution in [0.4, 0.5) is 5.13 Å². The summed E-state index contributed by atoms with van der Waals surface area (Å²) < 4.78 is 12.3. The number of para-hydroxylation sites is 1. The van der Waals surface area contributed by atoms with Gasteiger partial charge in [-0.3, -0.25) is 4.99 Å². The minimum absolute atomic E-state index is 0. The largest absolute Gasteiger partial charge is 0.381 e. The summed E-state index contributed by atoms with van der Waals surface area (Å²) in [6, 6.07) is 8.19. The zero-order valence-corrected chi connectivity index (χ0v) is 20.1. The summed E-state index contributed by atoms with van der Waals surface area (Å²) in [7, 11) is 0. The standard InChI is InChI=1S/C20H31N5O2S.HI/c1-2-21-19(22-9-5-12-26-14-16-8-13-27-15-16)23-10-11-24-20-25-17-6-3-4-7-18(17)28-20;/h3-4,6-7,16H,2,5,8-15H2,1H3,(H,24,25)(H2,21,22,23);1H. The van der Waals surface area contributed by atoms with Crippen LogP contribution in [0.5, 0.6) is 0 Å². The van der Waals surface area contributed by atoms with Crippen LogP contribution in [0.25, 0.3) is 10.2 Å². The van der Waals surface area contributed by atoms with Crippen molar-refractivity contribution in [2.24, 2.45) is 10.9 Å². The van der Waals surface area contributed by atoms with Crippen molar-refractivity contribution in [3.05, 3.63) is 24.3 Å². The number of hydrogen-bond donors (Lipinski definition) is 3. The van der Waals surface area contributed by atoms with Crippen LogP contribution < -0.4 is 16.0 Å². The van der Waals surface area contributed by atoms with Gasteiger partial charge in [0.25, 0.3) is 0 Å². The number of hydrogen-bond acceptors (Lipinski definition) is 6. The van der Waals surface area contributed by atoms with E-state index in [1.807, 2.05) is 18.2 Å². The van der Waals surface area contributed by atoms with Crippen molar-refractivity contribution in [3.63, 3.8) is 0 Å². The number of nitrogens with zero attached hydrogens (tertiary/aromatic N) is 2. The first-order valence-electron chi connectivity index (χ1n) is 10.1. The van der Waals surface area contributed by atoms with E-state index in [1.165, 1.54) is 4.70 Å². The van der Waals surface area contributed by atoms with E-state index in [-0.39, 0.29) is 24.0 Å². The molecule has 0 aliphatic carbocycles. The van der Waals surface area contributed by atoms with Crippen LogP contribution >= 0.6 is 35.3 Å².